The van der Waals surface area contributed by atoms with Gasteiger partial charge in [0, 0.05) is 0 Å². The van der Waals surface area contributed by atoms with E-state index in [1.807, 2.05) is 0 Å². The normalized spacial score (nSPS) is 17.2. The van der Waals surface area contributed by atoms with Gasteiger partial charge in [-0.1, -0.05) is 0 Å². The molecule has 10 heavy (non-hydrogen) atoms. The zero-order valence-corrected chi connectivity index (χ0v) is 5.37. The summed E-state index contributed by atoms with van der Waals surface area (Å²) in [5.41, 5.74) is 4.85. The lowest BCUT2D eigenvalue weighted by Crippen LogP contribution is -2.34. The van der Waals surface area contributed by atoms with Crippen molar-refractivity contribution in [2.75, 3.05) is 19.7 Å². The van der Waals surface area contributed by atoms with E-state index < -0.39 is 12.0 Å². The fraction of sp³-hybridized carbons (Fsp3) is 0.600. The molecule has 1 fully saturated rings. The molecule has 56 valence electrons. The van der Waals surface area contributed by atoms with Crippen molar-refractivity contribution in [1.29, 1.82) is 0 Å². The number of amides is 2. The molecule has 5 nitrogen and oxygen atoms in total. The van der Waals surface area contributed by atoms with Gasteiger partial charge in [-0.3, -0.25) is 9.69 Å². The molecular formula is C5H8N2O3. The monoisotopic (exact) mass is 144 g/mol. The minimum absolute atomic E-state index is 0.0428. The summed E-state index contributed by atoms with van der Waals surface area (Å²) in [6.45, 7) is 0.771. The SMILES string of the molecule is NC(=O)CN1CCOC1=O. The lowest BCUT2D eigenvalue weighted by atomic mass is 10.5. The van der Waals surface area contributed by atoms with Gasteiger partial charge < -0.3 is 10.5 Å². The predicted molar refractivity (Wildman–Crippen MR) is 32.1 cm³/mol. The Kier molecular flexibility index (Phi) is 1.75. The van der Waals surface area contributed by atoms with Gasteiger partial charge in [0.2, 0.25) is 5.91 Å². The van der Waals surface area contributed by atoms with Crippen LogP contribution in [-0.4, -0.2) is 36.6 Å². The Labute approximate surface area is 57.7 Å². The number of cyclic esters (lactones) is 1. The lowest BCUT2D eigenvalue weighted by molar-refractivity contribution is -0.118. The Hall–Kier alpha value is -1.26. The Morgan fingerprint density at radius 3 is 2.90 bits per heavy atom. The summed E-state index contributed by atoms with van der Waals surface area (Å²) in [7, 11) is 0. The quantitative estimate of drug-likeness (QED) is 0.536. The Balaban J connectivity index is 2.40. The number of nitrogens with zero attached hydrogens (tertiary/aromatic N) is 1. The molecule has 0 aromatic heterocycles. The molecule has 1 rings (SSSR count). The van der Waals surface area contributed by atoms with Gasteiger partial charge in [0.25, 0.3) is 0 Å². The highest BCUT2D eigenvalue weighted by Crippen LogP contribution is 2.00. The first-order valence-corrected chi connectivity index (χ1v) is 2.90. The zero-order valence-electron chi connectivity index (χ0n) is 5.37. The van der Waals surface area contributed by atoms with Crippen LogP contribution >= 0.6 is 0 Å². The average Bonchev–Trinajstić information content (AvgIpc) is 2.15. The fourth-order valence-corrected chi connectivity index (χ4v) is 0.757. The van der Waals surface area contributed by atoms with Crippen molar-refractivity contribution in [2.45, 2.75) is 0 Å². The standard InChI is InChI=1S/C5H8N2O3/c6-4(8)3-7-1-2-10-5(7)9/h1-3H2,(H2,6,8). The summed E-state index contributed by atoms with van der Waals surface area (Å²) >= 11 is 0. The van der Waals surface area contributed by atoms with Crippen molar-refractivity contribution >= 4 is 12.0 Å². The number of carbonyl (C=O) groups is 2. The molecule has 1 aliphatic heterocycles. The second-order valence-electron chi connectivity index (χ2n) is 2.00. The number of ether oxygens (including phenoxy) is 1. The largest absolute Gasteiger partial charge is 0.448 e. The van der Waals surface area contributed by atoms with E-state index >= 15 is 0 Å². The smallest absolute Gasteiger partial charge is 0.410 e. The molecule has 0 unspecified atom stereocenters. The maximum Gasteiger partial charge on any atom is 0.410 e. The third-order valence-electron chi connectivity index (χ3n) is 1.19. The Bertz CT molecular complexity index is 168. The van der Waals surface area contributed by atoms with E-state index in [9.17, 15) is 9.59 Å². The van der Waals surface area contributed by atoms with Crippen LogP contribution in [0, 0.1) is 0 Å². The van der Waals surface area contributed by atoms with Gasteiger partial charge in [0.15, 0.2) is 0 Å². The summed E-state index contributed by atoms with van der Waals surface area (Å²) in [4.78, 5) is 22.1. The highest BCUT2D eigenvalue weighted by Gasteiger charge is 2.22. The predicted octanol–water partition coefficient (Wildman–Crippen LogP) is -1.08. The van der Waals surface area contributed by atoms with Crippen LogP contribution in [0.2, 0.25) is 0 Å². The fourth-order valence-electron chi connectivity index (χ4n) is 0.757. The number of rotatable bonds is 2. The summed E-state index contributed by atoms with van der Waals surface area (Å²) < 4.78 is 4.55. The highest BCUT2D eigenvalue weighted by molar-refractivity contribution is 5.81. The van der Waals surface area contributed by atoms with Crippen LogP contribution < -0.4 is 5.73 Å². The summed E-state index contributed by atoms with van der Waals surface area (Å²) in [5, 5.41) is 0. The molecule has 5 heteroatoms. The Morgan fingerprint density at radius 1 is 1.80 bits per heavy atom. The maximum absolute atomic E-state index is 10.6. The van der Waals surface area contributed by atoms with Crippen molar-refractivity contribution < 1.29 is 14.3 Å². The first-order valence-electron chi connectivity index (χ1n) is 2.90. The molecule has 0 bridgehead atoms. The number of hydrogen-bond acceptors (Lipinski definition) is 3. The second kappa shape index (κ2) is 2.55. The first kappa shape index (κ1) is 6.85. The molecule has 0 aromatic carbocycles. The minimum Gasteiger partial charge on any atom is -0.448 e. The summed E-state index contributed by atoms with van der Waals surface area (Å²) in [5.74, 6) is -0.515. The number of carbonyl (C=O) groups excluding carboxylic acids is 2. The van der Waals surface area contributed by atoms with Crippen molar-refractivity contribution in [3.8, 4) is 0 Å². The van der Waals surface area contributed by atoms with Crippen LogP contribution in [0.15, 0.2) is 0 Å². The molecule has 1 aliphatic rings. The van der Waals surface area contributed by atoms with Gasteiger partial charge in [0.1, 0.15) is 13.2 Å². The summed E-state index contributed by atoms with van der Waals surface area (Å²) in [6.07, 6.45) is -0.459. The van der Waals surface area contributed by atoms with Gasteiger partial charge in [-0.05, 0) is 0 Å². The molecular weight excluding hydrogens is 136 g/mol. The molecule has 0 saturated carbocycles. The van der Waals surface area contributed by atoms with Crippen molar-refractivity contribution in [3.63, 3.8) is 0 Å². The van der Waals surface area contributed by atoms with Crippen LogP contribution in [0.5, 0.6) is 0 Å². The van der Waals surface area contributed by atoms with Crippen LogP contribution in [0.3, 0.4) is 0 Å². The van der Waals surface area contributed by atoms with Gasteiger partial charge in [-0.2, -0.15) is 0 Å². The van der Waals surface area contributed by atoms with Crippen LogP contribution in [-0.2, 0) is 9.53 Å². The van der Waals surface area contributed by atoms with Crippen molar-refractivity contribution in [1.82, 2.24) is 4.90 Å². The Morgan fingerprint density at radius 2 is 2.50 bits per heavy atom. The highest BCUT2D eigenvalue weighted by atomic mass is 16.6. The van der Waals surface area contributed by atoms with E-state index in [4.69, 9.17) is 5.73 Å². The first-order chi connectivity index (χ1) is 4.70. The van der Waals surface area contributed by atoms with Crippen molar-refractivity contribution in [2.24, 2.45) is 5.73 Å². The number of nitrogens with two attached hydrogens (primary N) is 1. The second-order valence-corrected chi connectivity index (χ2v) is 2.00. The van der Waals surface area contributed by atoms with Crippen LogP contribution in [0.25, 0.3) is 0 Å². The van der Waals surface area contributed by atoms with Crippen LogP contribution in [0.4, 0.5) is 4.79 Å². The van der Waals surface area contributed by atoms with Gasteiger partial charge in [-0.25, -0.2) is 4.79 Å². The van der Waals surface area contributed by atoms with Crippen LogP contribution in [0.1, 0.15) is 0 Å². The lowest BCUT2D eigenvalue weighted by Gasteiger charge is -2.07. The maximum atomic E-state index is 10.6. The van der Waals surface area contributed by atoms with E-state index in [0.717, 1.165) is 0 Å². The number of hydrogen-bond donors (Lipinski definition) is 1. The zero-order chi connectivity index (χ0) is 7.56. The van der Waals surface area contributed by atoms with Gasteiger partial charge in [-0.15, -0.1) is 0 Å². The van der Waals surface area contributed by atoms with Gasteiger partial charge in [0.05, 0.1) is 6.54 Å². The van der Waals surface area contributed by atoms with E-state index in [1.54, 1.807) is 0 Å². The molecule has 0 spiro atoms. The minimum atomic E-state index is -0.515. The third kappa shape index (κ3) is 1.37. The molecule has 1 heterocycles. The average molecular weight is 144 g/mol. The third-order valence-corrected chi connectivity index (χ3v) is 1.19. The molecule has 2 amide bonds. The molecule has 0 aromatic rings. The molecule has 2 N–H and O–H groups in total. The van der Waals surface area contributed by atoms with E-state index in [1.165, 1.54) is 4.90 Å². The number of primary amides is 1. The summed E-state index contributed by atoms with van der Waals surface area (Å²) in [6, 6.07) is 0. The van der Waals surface area contributed by atoms with E-state index in [-0.39, 0.29) is 6.54 Å². The molecule has 0 aliphatic carbocycles. The molecule has 0 radical (unpaired) electrons. The van der Waals surface area contributed by atoms with E-state index in [0.29, 0.717) is 13.2 Å². The van der Waals surface area contributed by atoms with Gasteiger partial charge >= 0.3 is 6.09 Å². The van der Waals surface area contributed by atoms with E-state index in [2.05, 4.69) is 4.74 Å². The van der Waals surface area contributed by atoms with Crippen molar-refractivity contribution in [3.05, 3.63) is 0 Å². The molecule has 1 saturated heterocycles. The molecule has 0 atom stereocenters. The topological polar surface area (TPSA) is 72.6 Å².